The molecular formula is C14H17N3O4. The van der Waals surface area contributed by atoms with Gasteiger partial charge in [0.2, 0.25) is 11.8 Å². The van der Waals surface area contributed by atoms with Gasteiger partial charge in [-0.1, -0.05) is 19.1 Å². The highest BCUT2D eigenvalue weighted by Gasteiger charge is 2.30. The van der Waals surface area contributed by atoms with E-state index >= 15 is 0 Å². The molecule has 1 N–H and O–H groups in total. The number of para-hydroxylation sites is 1. The quantitative estimate of drug-likeness (QED) is 0.492. The minimum Gasteiger partial charge on any atom is -0.379 e. The first-order valence-electron chi connectivity index (χ1n) is 6.88. The Hall–Kier alpha value is -2.44. The Kier molecular flexibility index (Phi) is 4.52. The lowest BCUT2D eigenvalue weighted by molar-refractivity contribution is -0.384. The van der Waals surface area contributed by atoms with E-state index in [2.05, 4.69) is 5.32 Å². The van der Waals surface area contributed by atoms with E-state index < -0.39 is 4.92 Å². The molecule has 7 nitrogen and oxygen atoms in total. The number of amides is 2. The maximum absolute atomic E-state index is 11.7. The molecule has 1 aliphatic rings. The van der Waals surface area contributed by atoms with Crippen LogP contribution in [0, 0.1) is 10.1 Å². The van der Waals surface area contributed by atoms with Gasteiger partial charge in [-0.3, -0.25) is 24.6 Å². The number of nitrogens with one attached hydrogen (secondary N) is 1. The Bertz CT molecular complexity index is 570. The fourth-order valence-electron chi connectivity index (χ4n) is 2.29. The summed E-state index contributed by atoms with van der Waals surface area (Å²) in [5, 5.41) is 14.1. The number of carbonyl (C=O) groups is 2. The molecule has 112 valence electrons. The van der Waals surface area contributed by atoms with E-state index in [1.165, 1.54) is 6.07 Å². The first-order chi connectivity index (χ1) is 10.0. The van der Waals surface area contributed by atoms with Crippen molar-refractivity contribution in [2.45, 2.75) is 32.7 Å². The monoisotopic (exact) mass is 291 g/mol. The fraction of sp³-hybridized carbons (Fsp3) is 0.429. The van der Waals surface area contributed by atoms with Crippen molar-refractivity contribution in [3.8, 4) is 0 Å². The van der Waals surface area contributed by atoms with Gasteiger partial charge in [-0.2, -0.15) is 0 Å². The number of rotatable bonds is 6. The van der Waals surface area contributed by atoms with Gasteiger partial charge in [-0.25, -0.2) is 0 Å². The topological polar surface area (TPSA) is 92.6 Å². The standard InChI is InChI=1S/C14H17N3O4/c1-2-8-15-14-10(4-3-5-11(14)17(20)21)9-16-12(18)6-7-13(16)19/h3-5,15H,2,6-9H2,1H3. The molecule has 1 heterocycles. The number of nitro benzene ring substituents is 1. The molecule has 1 aromatic rings. The van der Waals surface area contributed by atoms with Gasteiger partial charge in [0.15, 0.2) is 0 Å². The number of nitrogens with zero attached hydrogens (tertiary/aromatic N) is 2. The van der Waals surface area contributed by atoms with Crippen LogP contribution in [0.25, 0.3) is 0 Å². The van der Waals surface area contributed by atoms with Crippen LogP contribution < -0.4 is 5.32 Å². The van der Waals surface area contributed by atoms with Crippen LogP contribution in [0.5, 0.6) is 0 Å². The molecule has 0 atom stereocenters. The lowest BCUT2D eigenvalue weighted by Gasteiger charge is -2.17. The number of benzene rings is 1. The molecule has 0 bridgehead atoms. The highest BCUT2D eigenvalue weighted by atomic mass is 16.6. The lowest BCUT2D eigenvalue weighted by Crippen LogP contribution is -2.28. The van der Waals surface area contributed by atoms with Crippen molar-refractivity contribution >= 4 is 23.2 Å². The minimum absolute atomic E-state index is 0.0416. The van der Waals surface area contributed by atoms with E-state index in [0.717, 1.165) is 11.3 Å². The van der Waals surface area contributed by atoms with Gasteiger partial charge in [0, 0.05) is 31.0 Å². The number of nitro groups is 1. The molecule has 1 fully saturated rings. The molecule has 0 aromatic heterocycles. The van der Waals surface area contributed by atoms with Crippen LogP contribution in [0.3, 0.4) is 0 Å². The van der Waals surface area contributed by atoms with E-state index in [1.807, 2.05) is 6.92 Å². The number of likely N-dealkylation sites (tertiary alicyclic amines) is 1. The third-order valence-corrected chi connectivity index (χ3v) is 3.36. The van der Waals surface area contributed by atoms with E-state index in [0.29, 0.717) is 17.8 Å². The Morgan fingerprint density at radius 3 is 2.52 bits per heavy atom. The molecule has 0 radical (unpaired) electrons. The van der Waals surface area contributed by atoms with Crippen LogP contribution in [-0.2, 0) is 16.1 Å². The van der Waals surface area contributed by atoms with Crippen molar-refractivity contribution < 1.29 is 14.5 Å². The van der Waals surface area contributed by atoms with Crippen molar-refractivity contribution in [2.75, 3.05) is 11.9 Å². The van der Waals surface area contributed by atoms with E-state index in [4.69, 9.17) is 0 Å². The maximum Gasteiger partial charge on any atom is 0.292 e. The van der Waals surface area contributed by atoms with Crippen LogP contribution in [-0.4, -0.2) is 28.2 Å². The number of hydrogen-bond donors (Lipinski definition) is 1. The summed E-state index contributed by atoms with van der Waals surface area (Å²) in [5.41, 5.74) is 0.929. The average Bonchev–Trinajstić information content (AvgIpc) is 2.77. The molecule has 0 unspecified atom stereocenters. The Balaban J connectivity index is 2.33. The summed E-state index contributed by atoms with van der Waals surface area (Å²) in [7, 11) is 0. The van der Waals surface area contributed by atoms with E-state index in [-0.39, 0.29) is 36.9 Å². The second kappa shape index (κ2) is 6.34. The van der Waals surface area contributed by atoms with Crippen molar-refractivity contribution in [2.24, 2.45) is 0 Å². The molecule has 21 heavy (non-hydrogen) atoms. The Labute approximate surface area is 122 Å². The fourth-order valence-corrected chi connectivity index (χ4v) is 2.29. The molecule has 0 spiro atoms. The molecule has 1 aromatic carbocycles. The number of imide groups is 1. The highest BCUT2D eigenvalue weighted by Crippen LogP contribution is 2.30. The normalized spacial score (nSPS) is 14.6. The van der Waals surface area contributed by atoms with Crippen LogP contribution in [0.15, 0.2) is 18.2 Å². The Morgan fingerprint density at radius 1 is 1.29 bits per heavy atom. The Morgan fingerprint density at radius 2 is 1.95 bits per heavy atom. The zero-order chi connectivity index (χ0) is 15.4. The molecule has 2 rings (SSSR count). The molecule has 0 aliphatic carbocycles. The van der Waals surface area contributed by atoms with Crippen LogP contribution in [0.4, 0.5) is 11.4 Å². The first kappa shape index (κ1) is 15.0. The number of hydrogen-bond acceptors (Lipinski definition) is 5. The van der Waals surface area contributed by atoms with Gasteiger partial charge < -0.3 is 5.32 Å². The van der Waals surface area contributed by atoms with Crippen molar-refractivity contribution in [3.05, 3.63) is 33.9 Å². The van der Waals surface area contributed by atoms with Crippen molar-refractivity contribution in [3.63, 3.8) is 0 Å². The summed E-state index contributed by atoms with van der Waals surface area (Å²) in [4.78, 5) is 35.2. The van der Waals surface area contributed by atoms with Crippen LogP contribution in [0.1, 0.15) is 31.7 Å². The largest absolute Gasteiger partial charge is 0.379 e. The lowest BCUT2D eigenvalue weighted by atomic mass is 10.1. The van der Waals surface area contributed by atoms with Crippen molar-refractivity contribution in [1.29, 1.82) is 0 Å². The summed E-state index contributed by atoms with van der Waals surface area (Å²) in [6.07, 6.45) is 1.24. The summed E-state index contributed by atoms with van der Waals surface area (Å²) < 4.78 is 0. The maximum atomic E-state index is 11.7. The molecule has 1 saturated heterocycles. The molecule has 0 saturated carbocycles. The van der Waals surface area contributed by atoms with Gasteiger partial charge >= 0.3 is 0 Å². The van der Waals surface area contributed by atoms with Crippen LogP contribution >= 0.6 is 0 Å². The minimum atomic E-state index is -0.463. The van der Waals surface area contributed by atoms with Gasteiger partial charge in [0.05, 0.1) is 11.5 Å². The zero-order valence-corrected chi connectivity index (χ0v) is 11.8. The highest BCUT2D eigenvalue weighted by molar-refractivity contribution is 6.02. The summed E-state index contributed by atoms with van der Waals surface area (Å²) in [5.74, 6) is -0.458. The summed E-state index contributed by atoms with van der Waals surface area (Å²) in [6.45, 7) is 2.61. The molecule has 7 heteroatoms. The molecule has 1 aliphatic heterocycles. The van der Waals surface area contributed by atoms with Gasteiger partial charge in [0.25, 0.3) is 5.69 Å². The summed E-state index contributed by atoms with van der Waals surface area (Å²) >= 11 is 0. The van der Waals surface area contributed by atoms with Crippen molar-refractivity contribution in [1.82, 2.24) is 4.90 Å². The third-order valence-electron chi connectivity index (χ3n) is 3.36. The molecule has 2 amide bonds. The van der Waals surface area contributed by atoms with Gasteiger partial charge in [-0.15, -0.1) is 0 Å². The zero-order valence-electron chi connectivity index (χ0n) is 11.8. The predicted octanol–water partition coefficient (Wildman–Crippen LogP) is 2.07. The van der Waals surface area contributed by atoms with Crippen LogP contribution in [0.2, 0.25) is 0 Å². The number of carbonyl (C=O) groups excluding carboxylic acids is 2. The second-order valence-corrected chi connectivity index (χ2v) is 4.87. The first-order valence-corrected chi connectivity index (χ1v) is 6.88. The SMILES string of the molecule is CCCNc1c(CN2C(=O)CCC2=O)cccc1[N+](=O)[O-]. The van der Waals surface area contributed by atoms with E-state index in [1.54, 1.807) is 12.1 Å². The van der Waals surface area contributed by atoms with E-state index in [9.17, 15) is 19.7 Å². The smallest absolute Gasteiger partial charge is 0.292 e. The average molecular weight is 291 g/mol. The summed E-state index contributed by atoms with van der Waals surface area (Å²) in [6, 6.07) is 4.68. The predicted molar refractivity (Wildman–Crippen MR) is 76.7 cm³/mol. The number of anilines is 1. The molecular weight excluding hydrogens is 274 g/mol. The van der Waals surface area contributed by atoms with Gasteiger partial charge in [0.1, 0.15) is 5.69 Å². The third kappa shape index (κ3) is 3.18. The van der Waals surface area contributed by atoms with Gasteiger partial charge in [-0.05, 0) is 6.42 Å². The second-order valence-electron chi connectivity index (χ2n) is 4.87.